The number of amides is 1. The molecule has 0 radical (unpaired) electrons. The SMILES string of the molecule is CCOc1c(OC)cc(C=C2SC(=S)NC2=O)cc1-c1ccc2ccccc2c1. The molecule has 4 rings (SSSR count). The number of rotatable bonds is 5. The van der Waals surface area contributed by atoms with E-state index in [0.29, 0.717) is 27.3 Å². The molecule has 6 heteroatoms. The van der Waals surface area contributed by atoms with Crippen LogP contribution in [0.4, 0.5) is 0 Å². The summed E-state index contributed by atoms with van der Waals surface area (Å²) in [5.74, 6) is 1.13. The van der Waals surface area contributed by atoms with Crippen LogP contribution in [0.2, 0.25) is 0 Å². The number of thiocarbonyl (C=S) groups is 1. The van der Waals surface area contributed by atoms with Gasteiger partial charge >= 0.3 is 0 Å². The van der Waals surface area contributed by atoms with Crippen LogP contribution < -0.4 is 14.8 Å². The van der Waals surface area contributed by atoms with Crippen LogP contribution in [0.25, 0.3) is 28.0 Å². The summed E-state index contributed by atoms with van der Waals surface area (Å²) in [7, 11) is 1.62. The van der Waals surface area contributed by atoms with E-state index in [1.165, 1.54) is 17.1 Å². The number of benzene rings is 3. The summed E-state index contributed by atoms with van der Waals surface area (Å²) in [6.07, 6.45) is 1.82. The number of carbonyl (C=O) groups excluding carboxylic acids is 1. The van der Waals surface area contributed by atoms with Crippen molar-refractivity contribution in [2.24, 2.45) is 0 Å². The molecule has 0 aliphatic carbocycles. The first kappa shape index (κ1) is 19.5. The van der Waals surface area contributed by atoms with Crippen LogP contribution in [-0.2, 0) is 4.79 Å². The maximum absolute atomic E-state index is 12.1. The third kappa shape index (κ3) is 3.99. The second-order valence-electron chi connectivity index (χ2n) is 6.45. The van der Waals surface area contributed by atoms with Gasteiger partial charge in [0.2, 0.25) is 0 Å². The fourth-order valence-electron chi connectivity index (χ4n) is 3.30. The molecule has 29 heavy (non-hydrogen) atoms. The first-order chi connectivity index (χ1) is 14.1. The third-order valence-corrected chi connectivity index (χ3v) is 5.75. The van der Waals surface area contributed by atoms with E-state index >= 15 is 0 Å². The Bertz CT molecular complexity index is 1150. The lowest BCUT2D eigenvalue weighted by molar-refractivity contribution is -0.115. The lowest BCUT2D eigenvalue weighted by Gasteiger charge is -2.16. The van der Waals surface area contributed by atoms with Crippen LogP contribution in [0, 0.1) is 0 Å². The zero-order valence-corrected chi connectivity index (χ0v) is 17.7. The number of hydrogen-bond acceptors (Lipinski definition) is 5. The highest BCUT2D eigenvalue weighted by molar-refractivity contribution is 8.26. The minimum absolute atomic E-state index is 0.180. The molecule has 0 bridgehead atoms. The van der Waals surface area contributed by atoms with Crippen molar-refractivity contribution < 1.29 is 14.3 Å². The van der Waals surface area contributed by atoms with Gasteiger partial charge in [-0.2, -0.15) is 0 Å². The van der Waals surface area contributed by atoms with Crippen molar-refractivity contribution >= 4 is 51.1 Å². The molecular formula is C23H19NO3S2. The highest BCUT2D eigenvalue weighted by Gasteiger charge is 2.23. The molecule has 3 aromatic carbocycles. The smallest absolute Gasteiger partial charge is 0.263 e. The summed E-state index contributed by atoms with van der Waals surface area (Å²) >= 11 is 6.35. The molecule has 4 nitrogen and oxygen atoms in total. The van der Waals surface area contributed by atoms with Crippen LogP contribution in [0.5, 0.6) is 11.5 Å². The van der Waals surface area contributed by atoms with Gasteiger partial charge in [0.25, 0.3) is 5.91 Å². The summed E-state index contributed by atoms with van der Waals surface area (Å²) < 4.78 is 12.0. The number of fused-ring (bicyclic) bond motifs is 1. The molecule has 0 atom stereocenters. The van der Waals surface area contributed by atoms with Gasteiger partial charge in [0.05, 0.1) is 18.6 Å². The van der Waals surface area contributed by atoms with Crippen molar-refractivity contribution in [3.8, 4) is 22.6 Å². The standard InChI is InChI=1S/C23H19NO3S2/c1-3-27-21-18(17-9-8-15-6-4-5-7-16(15)13-17)10-14(11-19(21)26-2)12-20-22(25)24-23(28)29-20/h4-13H,3H2,1-2H3,(H,24,25,28). The zero-order chi connectivity index (χ0) is 20.4. The van der Waals surface area contributed by atoms with Crippen LogP contribution in [-0.4, -0.2) is 23.9 Å². The molecule has 0 spiro atoms. The Balaban J connectivity index is 1.88. The Kier molecular flexibility index (Phi) is 5.56. The lowest BCUT2D eigenvalue weighted by Crippen LogP contribution is -2.17. The second-order valence-corrected chi connectivity index (χ2v) is 8.17. The molecule has 1 amide bonds. The highest BCUT2D eigenvalue weighted by atomic mass is 32.2. The third-order valence-electron chi connectivity index (χ3n) is 4.59. The van der Waals surface area contributed by atoms with E-state index < -0.39 is 0 Å². The predicted molar refractivity (Wildman–Crippen MR) is 123 cm³/mol. The zero-order valence-electron chi connectivity index (χ0n) is 16.0. The van der Waals surface area contributed by atoms with Gasteiger partial charge in [-0.15, -0.1) is 0 Å². The van der Waals surface area contributed by atoms with E-state index in [2.05, 4.69) is 35.6 Å². The van der Waals surface area contributed by atoms with E-state index in [1.807, 2.05) is 37.3 Å². The summed E-state index contributed by atoms with van der Waals surface area (Å²) in [6, 6.07) is 18.4. The van der Waals surface area contributed by atoms with Crippen molar-refractivity contribution in [1.82, 2.24) is 5.32 Å². The van der Waals surface area contributed by atoms with Crippen molar-refractivity contribution in [3.63, 3.8) is 0 Å². The largest absolute Gasteiger partial charge is 0.493 e. The fraction of sp³-hybridized carbons (Fsp3) is 0.130. The first-order valence-corrected chi connectivity index (χ1v) is 10.4. The number of methoxy groups -OCH3 is 1. The number of hydrogen-bond donors (Lipinski definition) is 1. The van der Waals surface area contributed by atoms with Crippen molar-refractivity contribution in [3.05, 3.63) is 65.1 Å². The molecule has 1 heterocycles. The van der Waals surface area contributed by atoms with Crippen LogP contribution in [0.1, 0.15) is 12.5 Å². The Morgan fingerprint density at radius 1 is 1.10 bits per heavy atom. The van der Waals surface area contributed by atoms with Crippen LogP contribution >= 0.6 is 24.0 Å². The molecular weight excluding hydrogens is 402 g/mol. The lowest BCUT2D eigenvalue weighted by atomic mass is 9.98. The molecule has 3 aromatic rings. The average Bonchev–Trinajstić information content (AvgIpc) is 3.05. The normalized spacial score (nSPS) is 15.0. The van der Waals surface area contributed by atoms with Crippen molar-refractivity contribution in [2.45, 2.75) is 6.92 Å². The quantitative estimate of drug-likeness (QED) is 0.441. The predicted octanol–water partition coefficient (Wildman–Crippen LogP) is 5.40. The second kappa shape index (κ2) is 8.27. The number of carbonyl (C=O) groups is 1. The molecule has 146 valence electrons. The van der Waals surface area contributed by atoms with Gasteiger partial charge in [-0.3, -0.25) is 4.79 Å². The Morgan fingerprint density at radius 2 is 1.90 bits per heavy atom. The minimum Gasteiger partial charge on any atom is -0.493 e. The van der Waals surface area contributed by atoms with Gasteiger partial charge in [-0.1, -0.05) is 60.4 Å². The van der Waals surface area contributed by atoms with Gasteiger partial charge < -0.3 is 14.8 Å². The first-order valence-electron chi connectivity index (χ1n) is 9.18. The summed E-state index contributed by atoms with van der Waals surface area (Å²) in [5.41, 5.74) is 2.77. The minimum atomic E-state index is -0.180. The number of thioether (sulfide) groups is 1. The Morgan fingerprint density at radius 3 is 2.59 bits per heavy atom. The Labute approximate surface area is 178 Å². The molecule has 0 saturated carbocycles. The van der Waals surface area contributed by atoms with E-state index in [1.54, 1.807) is 7.11 Å². The molecule has 0 aromatic heterocycles. The van der Waals surface area contributed by atoms with Crippen molar-refractivity contribution in [1.29, 1.82) is 0 Å². The molecule has 0 unspecified atom stereocenters. The van der Waals surface area contributed by atoms with Gasteiger partial charge in [-0.25, -0.2) is 0 Å². The molecule has 1 N–H and O–H groups in total. The van der Waals surface area contributed by atoms with E-state index in [0.717, 1.165) is 22.1 Å². The van der Waals surface area contributed by atoms with Gasteiger partial charge in [0.15, 0.2) is 11.5 Å². The highest BCUT2D eigenvalue weighted by Crippen LogP contribution is 2.41. The van der Waals surface area contributed by atoms with E-state index in [4.69, 9.17) is 21.7 Å². The van der Waals surface area contributed by atoms with E-state index in [9.17, 15) is 4.79 Å². The van der Waals surface area contributed by atoms with Crippen LogP contribution in [0.3, 0.4) is 0 Å². The average molecular weight is 422 g/mol. The molecule has 1 fully saturated rings. The topological polar surface area (TPSA) is 47.6 Å². The summed E-state index contributed by atoms with van der Waals surface area (Å²) in [4.78, 5) is 12.6. The number of ether oxygens (including phenoxy) is 2. The Hall–Kier alpha value is -2.83. The molecule has 1 saturated heterocycles. The van der Waals surface area contributed by atoms with Gasteiger partial charge in [0, 0.05) is 5.56 Å². The van der Waals surface area contributed by atoms with Gasteiger partial charge in [0.1, 0.15) is 4.32 Å². The summed E-state index contributed by atoms with van der Waals surface area (Å²) in [5, 5.41) is 4.96. The monoisotopic (exact) mass is 421 g/mol. The summed E-state index contributed by atoms with van der Waals surface area (Å²) in [6.45, 7) is 2.46. The van der Waals surface area contributed by atoms with Crippen LogP contribution in [0.15, 0.2) is 59.5 Å². The number of nitrogens with one attached hydrogen (secondary N) is 1. The molecule has 1 aliphatic heterocycles. The fourth-order valence-corrected chi connectivity index (χ4v) is 4.34. The van der Waals surface area contributed by atoms with Gasteiger partial charge in [-0.05, 0) is 53.1 Å². The molecule has 1 aliphatic rings. The maximum atomic E-state index is 12.1. The maximum Gasteiger partial charge on any atom is 0.263 e. The van der Waals surface area contributed by atoms with E-state index in [-0.39, 0.29) is 5.91 Å². The van der Waals surface area contributed by atoms with Crippen molar-refractivity contribution in [2.75, 3.05) is 13.7 Å².